The van der Waals surface area contributed by atoms with Crippen molar-refractivity contribution in [3.63, 3.8) is 0 Å². The van der Waals surface area contributed by atoms with Crippen molar-refractivity contribution in [3.8, 4) is 11.5 Å². The molecule has 3 atom stereocenters. The summed E-state index contributed by atoms with van der Waals surface area (Å²) in [5.74, 6) is 0.466. The Morgan fingerprint density at radius 2 is 1.70 bits per heavy atom. The molecule has 0 saturated heterocycles. The second kappa shape index (κ2) is 14.2. The quantitative estimate of drug-likeness (QED) is 0.194. The number of amides is 5. The Labute approximate surface area is 268 Å². The van der Waals surface area contributed by atoms with Crippen LogP contribution in [0.3, 0.4) is 0 Å². The molecule has 5 rings (SSSR count). The van der Waals surface area contributed by atoms with Gasteiger partial charge in [0.25, 0.3) is 5.91 Å². The highest BCUT2D eigenvalue weighted by Gasteiger charge is 2.34. The van der Waals surface area contributed by atoms with Gasteiger partial charge in [0.2, 0.25) is 0 Å². The summed E-state index contributed by atoms with van der Waals surface area (Å²) >= 11 is 0. The van der Waals surface area contributed by atoms with Crippen molar-refractivity contribution in [2.75, 3.05) is 49.8 Å². The zero-order valence-corrected chi connectivity index (χ0v) is 26.3. The Bertz CT molecular complexity index is 1710. The number of hydrogen-bond donors (Lipinski definition) is 4. The maximum absolute atomic E-state index is 13.8. The number of nitrogens with one attached hydrogen (secondary N) is 3. The Morgan fingerprint density at radius 1 is 1.00 bits per heavy atom. The zero-order chi connectivity index (χ0) is 32.8. The molecule has 1 aliphatic rings. The van der Waals surface area contributed by atoms with Crippen LogP contribution in [0.1, 0.15) is 24.2 Å². The highest BCUT2D eigenvalue weighted by Crippen LogP contribution is 2.31. The number of anilines is 3. The molecule has 0 aromatic heterocycles. The summed E-state index contributed by atoms with van der Waals surface area (Å²) in [6.07, 6.45) is -0.485. The van der Waals surface area contributed by atoms with Crippen molar-refractivity contribution in [2.45, 2.75) is 26.0 Å². The van der Waals surface area contributed by atoms with E-state index in [0.29, 0.717) is 35.1 Å². The number of ether oxygens (including phenoxy) is 2. The first-order valence-corrected chi connectivity index (χ1v) is 15.1. The maximum atomic E-state index is 13.8. The molecule has 46 heavy (non-hydrogen) atoms. The van der Waals surface area contributed by atoms with Gasteiger partial charge in [0.15, 0.2) is 0 Å². The molecular formula is C35H39N5O6. The van der Waals surface area contributed by atoms with E-state index in [2.05, 4.69) is 16.0 Å². The van der Waals surface area contributed by atoms with Crippen LogP contribution in [0.25, 0.3) is 10.8 Å². The van der Waals surface area contributed by atoms with Crippen molar-refractivity contribution in [2.24, 2.45) is 5.92 Å². The lowest BCUT2D eigenvalue weighted by molar-refractivity contribution is 0.0371. The molecule has 240 valence electrons. The van der Waals surface area contributed by atoms with Gasteiger partial charge in [0.05, 0.1) is 37.6 Å². The van der Waals surface area contributed by atoms with Gasteiger partial charge in [0.1, 0.15) is 17.6 Å². The fraction of sp³-hybridized carbons (Fsp3) is 0.286. The SMILES string of the molecule is COc1ccc(NC(=O)Nc2ccc3c(c2)C(=O)N([C@@H](C)CO)C[C@@H](C)[C@H](CN(C)C(=O)Nc2cccc4ccccc24)O3)cc1. The van der Waals surface area contributed by atoms with Crippen molar-refractivity contribution >= 4 is 45.8 Å². The standard InChI is InChI=1S/C35H39N5O6/c1-22-19-40(23(2)21-41)33(42)29-18-26(37-34(43)36-25-12-15-27(45-4)16-13-25)14-17-31(29)46-32(22)20-39(3)35(44)38-30-11-7-9-24-8-5-6-10-28(24)30/h5-18,22-23,32,41H,19-21H2,1-4H3,(H,38,44)(H2,36,37,43)/t22-,23+,32+/m1/s1. The van der Waals surface area contributed by atoms with E-state index in [9.17, 15) is 19.5 Å². The van der Waals surface area contributed by atoms with Gasteiger partial charge in [-0.05, 0) is 60.8 Å². The van der Waals surface area contributed by atoms with Crippen molar-refractivity contribution in [3.05, 3.63) is 90.5 Å². The summed E-state index contributed by atoms with van der Waals surface area (Å²) < 4.78 is 11.6. The monoisotopic (exact) mass is 625 g/mol. The third kappa shape index (κ3) is 7.32. The lowest BCUT2D eigenvalue weighted by Gasteiger charge is -2.38. The number of urea groups is 2. The van der Waals surface area contributed by atoms with Crippen LogP contribution in [0.4, 0.5) is 26.7 Å². The Balaban J connectivity index is 1.34. The van der Waals surface area contributed by atoms with Gasteiger partial charge in [-0.3, -0.25) is 4.79 Å². The third-order valence-corrected chi connectivity index (χ3v) is 8.10. The first kappa shape index (κ1) is 32.1. The highest BCUT2D eigenvalue weighted by atomic mass is 16.5. The Kier molecular flexibility index (Phi) is 9.92. The van der Waals surface area contributed by atoms with Crippen LogP contribution >= 0.6 is 0 Å². The van der Waals surface area contributed by atoms with Crippen LogP contribution in [0, 0.1) is 5.92 Å². The van der Waals surface area contributed by atoms with Crippen LogP contribution in [0.2, 0.25) is 0 Å². The smallest absolute Gasteiger partial charge is 0.323 e. The molecule has 0 radical (unpaired) electrons. The van der Waals surface area contributed by atoms with E-state index in [-0.39, 0.29) is 36.6 Å². The Morgan fingerprint density at radius 3 is 2.43 bits per heavy atom. The van der Waals surface area contributed by atoms with Gasteiger partial charge < -0.3 is 40.3 Å². The number of hydrogen-bond acceptors (Lipinski definition) is 6. The summed E-state index contributed by atoms with van der Waals surface area (Å²) in [5, 5.41) is 20.5. The molecule has 4 N–H and O–H groups in total. The number of rotatable bonds is 8. The molecule has 0 spiro atoms. The predicted octanol–water partition coefficient (Wildman–Crippen LogP) is 5.88. The number of likely N-dealkylation sites (N-methyl/N-ethyl adjacent to an activating group) is 1. The lowest BCUT2D eigenvalue weighted by atomic mass is 9.99. The average molecular weight is 626 g/mol. The second-order valence-corrected chi connectivity index (χ2v) is 11.5. The highest BCUT2D eigenvalue weighted by molar-refractivity contribution is 6.03. The molecule has 4 aromatic rings. The topological polar surface area (TPSA) is 132 Å². The van der Waals surface area contributed by atoms with Gasteiger partial charge in [-0.2, -0.15) is 0 Å². The minimum absolute atomic E-state index is 0.188. The number of benzene rings is 4. The molecule has 11 heteroatoms. The summed E-state index contributed by atoms with van der Waals surface area (Å²) in [6, 6.07) is 24.1. The van der Waals surface area contributed by atoms with E-state index in [1.165, 1.54) is 0 Å². The molecule has 5 amide bonds. The van der Waals surface area contributed by atoms with Gasteiger partial charge in [-0.1, -0.05) is 43.3 Å². The fourth-order valence-corrected chi connectivity index (χ4v) is 5.38. The van der Waals surface area contributed by atoms with E-state index in [1.807, 2.05) is 49.4 Å². The molecule has 11 nitrogen and oxygen atoms in total. The first-order valence-electron chi connectivity index (χ1n) is 15.1. The number of fused-ring (bicyclic) bond motifs is 2. The molecule has 0 saturated carbocycles. The first-order chi connectivity index (χ1) is 22.2. The number of nitrogens with zero attached hydrogens (tertiary/aromatic N) is 2. The summed E-state index contributed by atoms with van der Waals surface area (Å²) in [6.45, 7) is 4.02. The number of carbonyl (C=O) groups excluding carboxylic acids is 3. The molecule has 0 bridgehead atoms. The van der Waals surface area contributed by atoms with Crippen molar-refractivity contribution in [1.29, 1.82) is 0 Å². The van der Waals surface area contributed by atoms with E-state index >= 15 is 0 Å². The third-order valence-electron chi connectivity index (χ3n) is 8.10. The number of carbonyl (C=O) groups is 3. The molecule has 0 aliphatic carbocycles. The van der Waals surface area contributed by atoms with E-state index in [0.717, 1.165) is 10.8 Å². The predicted molar refractivity (Wildman–Crippen MR) is 179 cm³/mol. The molecule has 0 unspecified atom stereocenters. The Hall–Kier alpha value is -5.29. The molecule has 1 heterocycles. The van der Waals surface area contributed by atoms with Crippen LogP contribution in [-0.2, 0) is 0 Å². The van der Waals surface area contributed by atoms with Gasteiger partial charge in [-0.15, -0.1) is 0 Å². The molecule has 0 fully saturated rings. The van der Waals surface area contributed by atoms with Crippen LogP contribution in [-0.4, -0.2) is 78.9 Å². The number of aliphatic hydroxyl groups is 1. The molecule has 4 aromatic carbocycles. The summed E-state index contributed by atoms with van der Waals surface area (Å²) in [4.78, 5) is 43.0. The second-order valence-electron chi connectivity index (χ2n) is 11.5. The lowest BCUT2D eigenvalue weighted by Crippen LogP contribution is -2.50. The summed E-state index contributed by atoms with van der Waals surface area (Å²) in [7, 11) is 3.26. The van der Waals surface area contributed by atoms with E-state index in [4.69, 9.17) is 9.47 Å². The normalized spacial score (nSPS) is 16.7. The van der Waals surface area contributed by atoms with Gasteiger partial charge in [0, 0.05) is 36.3 Å². The van der Waals surface area contributed by atoms with Gasteiger partial charge in [-0.25, -0.2) is 9.59 Å². The van der Waals surface area contributed by atoms with Crippen LogP contribution < -0.4 is 25.4 Å². The summed E-state index contributed by atoms with van der Waals surface area (Å²) in [5.41, 5.74) is 1.89. The van der Waals surface area contributed by atoms with E-state index in [1.54, 1.807) is 73.3 Å². The van der Waals surface area contributed by atoms with E-state index < -0.39 is 18.2 Å². The zero-order valence-electron chi connectivity index (χ0n) is 26.3. The van der Waals surface area contributed by atoms with Crippen molar-refractivity contribution in [1.82, 2.24) is 9.80 Å². The molecular weight excluding hydrogens is 586 g/mol. The van der Waals surface area contributed by atoms with Crippen molar-refractivity contribution < 1.29 is 29.0 Å². The number of methoxy groups -OCH3 is 1. The number of aliphatic hydroxyl groups excluding tert-OH is 1. The van der Waals surface area contributed by atoms with Crippen LogP contribution in [0.15, 0.2) is 84.9 Å². The maximum Gasteiger partial charge on any atom is 0.323 e. The largest absolute Gasteiger partial charge is 0.497 e. The minimum Gasteiger partial charge on any atom is -0.497 e. The molecule has 1 aliphatic heterocycles. The van der Waals surface area contributed by atoms with Crippen LogP contribution in [0.5, 0.6) is 11.5 Å². The average Bonchev–Trinajstić information content (AvgIpc) is 3.06. The fourth-order valence-electron chi connectivity index (χ4n) is 5.38. The van der Waals surface area contributed by atoms with Gasteiger partial charge >= 0.3 is 12.1 Å². The minimum atomic E-state index is -0.491.